The van der Waals surface area contributed by atoms with Gasteiger partial charge in [0.25, 0.3) is 0 Å². The number of carbonyl (C=O) groups excluding carboxylic acids is 1. The fourth-order valence-electron chi connectivity index (χ4n) is 2.46. The number of thioether (sulfide) groups is 1. The summed E-state index contributed by atoms with van der Waals surface area (Å²) in [6.45, 7) is 2.65. The Balaban J connectivity index is 2.48. The number of halogens is 3. The molecule has 2 aromatic carbocycles. The normalized spacial score (nSPS) is 14.0. The molecule has 0 spiro atoms. The summed E-state index contributed by atoms with van der Waals surface area (Å²) in [5.41, 5.74) is -0.106. The van der Waals surface area contributed by atoms with Crippen LogP contribution < -0.4 is 0 Å². The SMILES string of the molecule is CC(=O)SC(C)(C(=O)O)c1ccc(-c2ccccc2C(F)(F)F)cc1. The Labute approximate surface area is 146 Å². The highest BCUT2D eigenvalue weighted by atomic mass is 32.2. The summed E-state index contributed by atoms with van der Waals surface area (Å²) >= 11 is 0.654. The highest BCUT2D eigenvalue weighted by Crippen LogP contribution is 2.40. The summed E-state index contributed by atoms with van der Waals surface area (Å²) in [5, 5.41) is 9.09. The molecule has 0 radical (unpaired) electrons. The summed E-state index contributed by atoms with van der Waals surface area (Å²) in [5.74, 6) is -1.20. The number of benzene rings is 2. The van der Waals surface area contributed by atoms with Gasteiger partial charge in [0.1, 0.15) is 4.75 Å². The molecule has 0 aliphatic heterocycles. The third-order valence-electron chi connectivity index (χ3n) is 3.74. The van der Waals surface area contributed by atoms with Gasteiger partial charge in [0, 0.05) is 6.92 Å². The van der Waals surface area contributed by atoms with E-state index in [1.807, 2.05) is 0 Å². The van der Waals surface area contributed by atoms with Crippen molar-refractivity contribution in [2.24, 2.45) is 0 Å². The van der Waals surface area contributed by atoms with E-state index in [-0.39, 0.29) is 10.7 Å². The second-order valence-electron chi connectivity index (χ2n) is 5.55. The van der Waals surface area contributed by atoms with Crippen molar-refractivity contribution in [1.82, 2.24) is 0 Å². The molecule has 132 valence electrons. The van der Waals surface area contributed by atoms with Crippen LogP contribution in [-0.2, 0) is 20.5 Å². The summed E-state index contributed by atoms with van der Waals surface area (Å²) in [6.07, 6.45) is -4.49. The first kappa shape index (κ1) is 19.1. The second kappa shape index (κ2) is 6.92. The third kappa shape index (κ3) is 4.04. The molecule has 0 saturated carbocycles. The third-order valence-corrected chi connectivity index (χ3v) is 4.84. The molecule has 1 atom stereocenters. The van der Waals surface area contributed by atoms with E-state index in [1.165, 1.54) is 56.3 Å². The number of carboxylic acid groups (broad SMARTS) is 1. The maximum Gasteiger partial charge on any atom is 0.417 e. The number of rotatable bonds is 4. The molecule has 25 heavy (non-hydrogen) atoms. The van der Waals surface area contributed by atoms with Gasteiger partial charge in [0.05, 0.1) is 5.56 Å². The monoisotopic (exact) mass is 368 g/mol. The Morgan fingerprint density at radius 2 is 1.56 bits per heavy atom. The smallest absolute Gasteiger partial charge is 0.417 e. The lowest BCUT2D eigenvalue weighted by Crippen LogP contribution is -2.29. The molecule has 0 amide bonds. The van der Waals surface area contributed by atoms with Gasteiger partial charge in [-0.15, -0.1) is 0 Å². The zero-order valence-electron chi connectivity index (χ0n) is 13.4. The Bertz CT molecular complexity index is 800. The lowest BCUT2D eigenvalue weighted by Gasteiger charge is -2.23. The van der Waals surface area contributed by atoms with Crippen LogP contribution in [0.2, 0.25) is 0 Å². The van der Waals surface area contributed by atoms with Crippen molar-refractivity contribution in [3.8, 4) is 11.1 Å². The predicted octanol–water partition coefficient (Wildman–Crippen LogP) is 4.95. The highest BCUT2D eigenvalue weighted by Gasteiger charge is 2.38. The molecule has 0 aliphatic carbocycles. The van der Waals surface area contributed by atoms with Crippen molar-refractivity contribution in [2.45, 2.75) is 24.8 Å². The van der Waals surface area contributed by atoms with Crippen LogP contribution >= 0.6 is 11.8 Å². The maximum atomic E-state index is 13.1. The van der Waals surface area contributed by atoms with Crippen molar-refractivity contribution >= 4 is 22.8 Å². The highest BCUT2D eigenvalue weighted by molar-refractivity contribution is 8.14. The Morgan fingerprint density at radius 1 is 1.00 bits per heavy atom. The van der Waals surface area contributed by atoms with E-state index >= 15 is 0 Å². The molecular weight excluding hydrogens is 353 g/mol. The van der Waals surface area contributed by atoms with Crippen molar-refractivity contribution in [1.29, 1.82) is 0 Å². The van der Waals surface area contributed by atoms with E-state index in [4.69, 9.17) is 0 Å². The molecule has 2 rings (SSSR count). The molecule has 0 fully saturated rings. The Kier molecular flexibility index (Phi) is 5.27. The number of hydrogen-bond acceptors (Lipinski definition) is 3. The number of carbonyl (C=O) groups is 2. The molecule has 7 heteroatoms. The van der Waals surface area contributed by atoms with Crippen molar-refractivity contribution in [2.75, 3.05) is 0 Å². The van der Waals surface area contributed by atoms with Gasteiger partial charge in [-0.25, -0.2) is 0 Å². The zero-order valence-corrected chi connectivity index (χ0v) is 14.2. The van der Waals surface area contributed by atoms with E-state index in [0.717, 1.165) is 6.07 Å². The van der Waals surface area contributed by atoms with Gasteiger partial charge in [-0.3, -0.25) is 9.59 Å². The van der Waals surface area contributed by atoms with Crippen molar-refractivity contribution in [3.63, 3.8) is 0 Å². The number of carboxylic acids is 1. The minimum absolute atomic E-state index is 0.0119. The van der Waals surface area contributed by atoms with E-state index in [0.29, 0.717) is 22.9 Å². The van der Waals surface area contributed by atoms with Crippen LogP contribution in [0.3, 0.4) is 0 Å². The van der Waals surface area contributed by atoms with Gasteiger partial charge in [-0.1, -0.05) is 54.2 Å². The van der Waals surface area contributed by atoms with E-state index in [9.17, 15) is 27.9 Å². The number of alkyl halides is 3. The zero-order chi connectivity index (χ0) is 18.8. The van der Waals surface area contributed by atoms with Crippen molar-refractivity contribution < 1.29 is 27.9 Å². The fourth-order valence-corrected chi connectivity index (χ4v) is 3.38. The van der Waals surface area contributed by atoms with Gasteiger partial charge >= 0.3 is 12.1 Å². The molecule has 2 aromatic rings. The molecule has 1 N–H and O–H groups in total. The van der Waals surface area contributed by atoms with Crippen LogP contribution in [0, 0.1) is 0 Å². The molecule has 1 unspecified atom stereocenters. The molecular formula is C18H15F3O3S. The molecule has 0 bridgehead atoms. The van der Waals surface area contributed by atoms with E-state index in [1.54, 1.807) is 0 Å². The van der Waals surface area contributed by atoms with Crippen LogP contribution in [0.25, 0.3) is 11.1 Å². The second-order valence-corrected chi connectivity index (χ2v) is 7.15. The first-order valence-electron chi connectivity index (χ1n) is 7.26. The molecule has 3 nitrogen and oxygen atoms in total. The first-order valence-corrected chi connectivity index (χ1v) is 8.07. The summed E-state index contributed by atoms with van der Waals surface area (Å²) < 4.78 is 37.9. The van der Waals surface area contributed by atoms with E-state index < -0.39 is 22.5 Å². The average molecular weight is 368 g/mol. The molecule has 0 aromatic heterocycles. The van der Waals surface area contributed by atoms with Crippen LogP contribution in [0.1, 0.15) is 25.0 Å². The molecule has 0 heterocycles. The molecule has 0 aliphatic rings. The van der Waals surface area contributed by atoms with Crippen LogP contribution in [0.15, 0.2) is 48.5 Å². The number of aliphatic carboxylic acids is 1. The van der Waals surface area contributed by atoms with E-state index in [2.05, 4.69) is 0 Å². The van der Waals surface area contributed by atoms with Gasteiger partial charge in [0.15, 0.2) is 5.12 Å². The van der Waals surface area contributed by atoms with Gasteiger partial charge in [0.2, 0.25) is 0 Å². The van der Waals surface area contributed by atoms with Gasteiger partial charge < -0.3 is 5.11 Å². The van der Waals surface area contributed by atoms with Crippen molar-refractivity contribution in [3.05, 3.63) is 59.7 Å². The quantitative estimate of drug-likeness (QED) is 0.829. The van der Waals surface area contributed by atoms with Gasteiger partial charge in [-0.05, 0) is 29.7 Å². The van der Waals surface area contributed by atoms with Crippen LogP contribution in [-0.4, -0.2) is 16.2 Å². The standard InChI is InChI=1S/C18H15F3O3S/c1-11(22)25-17(2,16(23)24)13-9-7-12(8-10-13)14-5-3-4-6-15(14)18(19,20)21/h3-10H,1-2H3,(H,23,24). The summed E-state index contributed by atoms with van der Waals surface area (Å²) in [6, 6.07) is 10.9. The maximum absolute atomic E-state index is 13.1. The minimum Gasteiger partial charge on any atom is -0.480 e. The Hall–Kier alpha value is -2.28. The lowest BCUT2D eigenvalue weighted by molar-refractivity contribution is -0.140. The Morgan fingerprint density at radius 3 is 2.04 bits per heavy atom. The van der Waals surface area contributed by atoms with Crippen LogP contribution in [0.5, 0.6) is 0 Å². The number of hydrogen-bond donors (Lipinski definition) is 1. The van der Waals surface area contributed by atoms with Gasteiger partial charge in [-0.2, -0.15) is 13.2 Å². The summed E-state index contributed by atoms with van der Waals surface area (Å²) in [7, 11) is 0. The lowest BCUT2D eigenvalue weighted by atomic mass is 9.94. The minimum atomic E-state index is -4.49. The largest absolute Gasteiger partial charge is 0.480 e. The average Bonchev–Trinajstić information content (AvgIpc) is 2.53. The topological polar surface area (TPSA) is 54.4 Å². The first-order chi connectivity index (χ1) is 11.6. The molecule has 0 saturated heterocycles. The summed E-state index contributed by atoms with van der Waals surface area (Å²) in [4.78, 5) is 22.9. The fraction of sp³-hybridized carbons (Fsp3) is 0.222. The predicted molar refractivity (Wildman–Crippen MR) is 90.1 cm³/mol. The van der Waals surface area contributed by atoms with Crippen LogP contribution in [0.4, 0.5) is 13.2 Å².